The summed E-state index contributed by atoms with van der Waals surface area (Å²) in [7, 11) is -1.53. The van der Waals surface area contributed by atoms with Crippen LogP contribution < -0.4 is 10.3 Å². The number of benzene rings is 1. The Morgan fingerprint density at radius 1 is 1.43 bits per heavy atom. The predicted octanol–water partition coefficient (Wildman–Crippen LogP) is -0.570. The van der Waals surface area contributed by atoms with Crippen molar-refractivity contribution in [1.82, 2.24) is 30.5 Å². The standard InChI is InChI=1S/C9H8ClFN6O3S/c1-17-14-8(12-15-17)4-2-5(7(11)6(10)3-4)9(18)13-16-21(19)20/h2-3,21H,1H3,(H,13,18)(H,16,19,20). The largest absolute Gasteiger partial charge is 0.274 e. The van der Waals surface area contributed by atoms with E-state index < -0.39 is 28.2 Å². The van der Waals surface area contributed by atoms with Crippen molar-refractivity contribution in [3.8, 4) is 11.4 Å². The number of hydrogen-bond acceptors (Lipinski definition) is 6. The topological polar surface area (TPSA) is 119 Å². The molecule has 2 aromatic rings. The smallest absolute Gasteiger partial charge is 0.269 e. The summed E-state index contributed by atoms with van der Waals surface area (Å²) in [4.78, 5) is 14.5. The molecule has 1 amide bonds. The van der Waals surface area contributed by atoms with Gasteiger partial charge in [-0.3, -0.25) is 10.2 Å². The third kappa shape index (κ3) is 3.51. The van der Waals surface area contributed by atoms with E-state index in [9.17, 15) is 17.6 Å². The normalized spacial score (nSPS) is 10.9. The molecular formula is C9H8ClFN6O3S. The summed E-state index contributed by atoms with van der Waals surface area (Å²) < 4.78 is 34.5. The van der Waals surface area contributed by atoms with E-state index in [1.807, 2.05) is 0 Å². The van der Waals surface area contributed by atoms with E-state index in [4.69, 9.17) is 11.6 Å². The highest BCUT2D eigenvalue weighted by molar-refractivity contribution is 7.70. The molecule has 112 valence electrons. The van der Waals surface area contributed by atoms with Crippen LogP contribution in [0.5, 0.6) is 0 Å². The molecule has 0 atom stereocenters. The second-order valence-corrected chi connectivity index (χ2v) is 4.89. The number of aromatic nitrogens is 4. The Hall–Kier alpha value is -2.11. The van der Waals surface area contributed by atoms with Crippen LogP contribution in [0.25, 0.3) is 11.4 Å². The Labute approximate surface area is 124 Å². The summed E-state index contributed by atoms with van der Waals surface area (Å²) in [5.74, 6) is -1.87. The Balaban J connectivity index is 2.41. The highest BCUT2D eigenvalue weighted by Gasteiger charge is 2.18. The number of halogens is 2. The number of thiol groups is 1. The molecule has 21 heavy (non-hydrogen) atoms. The number of nitrogens with zero attached hydrogens (tertiary/aromatic N) is 4. The summed E-state index contributed by atoms with van der Waals surface area (Å²) >= 11 is 5.70. The summed E-state index contributed by atoms with van der Waals surface area (Å²) in [5, 5.41) is 10.9. The molecule has 0 saturated heterocycles. The van der Waals surface area contributed by atoms with Gasteiger partial charge in [-0.05, 0) is 17.3 Å². The van der Waals surface area contributed by atoms with E-state index in [2.05, 4.69) is 15.4 Å². The van der Waals surface area contributed by atoms with E-state index in [-0.39, 0.29) is 16.4 Å². The monoisotopic (exact) mass is 334 g/mol. The second kappa shape index (κ2) is 6.11. The number of rotatable bonds is 4. The maximum absolute atomic E-state index is 13.8. The first-order valence-corrected chi connectivity index (χ1v) is 6.88. The molecule has 2 N–H and O–H groups in total. The first-order valence-electron chi connectivity index (χ1n) is 5.32. The Morgan fingerprint density at radius 2 is 2.14 bits per heavy atom. The van der Waals surface area contributed by atoms with Gasteiger partial charge in [0, 0.05) is 5.56 Å². The molecule has 0 saturated carbocycles. The van der Waals surface area contributed by atoms with Gasteiger partial charge < -0.3 is 0 Å². The molecule has 0 aliphatic carbocycles. The lowest BCUT2D eigenvalue weighted by atomic mass is 10.1. The van der Waals surface area contributed by atoms with Crippen LogP contribution in [-0.2, 0) is 17.9 Å². The van der Waals surface area contributed by atoms with E-state index in [1.54, 1.807) is 10.3 Å². The fourth-order valence-electron chi connectivity index (χ4n) is 1.45. The van der Waals surface area contributed by atoms with Crippen LogP contribution in [-0.4, -0.2) is 34.5 Å². The van der Waals surface area contributed by atoms with Crippen molar-refractivity contribution >= 4 is 28.4 Å². The van der Waals surface area contributed by atoms with Gasteiger partial charge in [-0.15, -0.1) is 15.0 Å². The van der Waals surface area contributed by atoms with E-state index in [0.717, 1.165) is 6.07 Å². The molecule has 1 aromatic heterocycles. The summed E-state index contributed by atoms with van der Waals surface area (Å²) in [6.07, 6.45) is 0. The van der Waals surface area contributed by atoms with Crippen molar-refractivity contribution in [3.05, 3.63) is 28.5 Å². The zero-order valence-corrected chi connectivity index (χ0v) is 12.0. The van der Waals surface area contributed by atoms with Crippen molar-refractivity contribution in [2.45, 2.75) is 0 Å². The first-order chi connectivity index (χ1) is 9.88. The number of tetrazole rings is 1. The average molecular weight is 335 g/mol. The van der Waals surface area contributed by atoms with Gasteiger partial charge in [0.25, 0.3) is 5.91 Å². The molecular weight excluding hydrogens is 327 g/mol. The number of amides is 1. The van der Waals surface area contributed by atoms with E-state index >= 15 is 0 Å². The third-order valence-corrected chi connectivity index (χ3v) is 2.87. The lowest BCUT2D eigenvalue weighted by Crippen LogP contribution is -2.36. The second-order valence-electron chi connectivity index (χ2n) is 3.75. The lowest BCUT2D eigenvalue weighted by Gasteiger charge is -2.06. The molecule has 0 fully saturated rings. The van der Waals surface area contributed by atoms with Gasteiger partial charge in [0.05, 0.1) is 17.6 Å². The number of hydrazine groups is 1. The zero-order valence-electron chi connectivity index (χ0n) is 10.4. The summed E-state index contributed by atoms with van der Waals surface area (Å²) in [6, 6.07) is 2.36. The van der Waals surface area contributed by atoms with Gasteiger partial charge in [0.15, 0.2) is 5.82 Å². The van der Waals surface area contributed by atoms with Crippen molar-refractivity contribution in [3.63, 3.8) is 0 Å². The molecule has 0 aliphatic heterocycles. The van der Waals surface area contributed by atoms with Gasteiger partial charge in [-0.2, -0.15) is 4.80 Å². The number of carbonyl (C=O) groups excluding carboxylic acids is 1. The Morgan fingerprint density at radius 3 is 2.71 bits per heavy atom. The van der Waals surface area contributed by atoms with Gasteiger partial charge in [-0.25, -0.2) is 12.8 Å². The number of aryl methyl sites for hydroxylation is 1. The quantitative estimate of drug-likeness (QED) is 0.509. The highest BCUT2D eigenvalue weighted by atomic mass is 35.5. The fraction of sp³-hybridized carbons (Fsp3) is 0.111. The fourth-order valence-corrected chi connectivity index (χ4v) is 1.86. The van der Waals surface area contributed by atoms with Crippen LogP contribution >= 0.6 is 11.6 Å². The van der Waals surface area contributed by atoms with Crippen molar-refractivity contribution < 1.29 is 17.6 Å². The molecule has 1 heterocycles. The third-order valence-electron chi connectivity index (χ3n) is 2.30. The number of carbonyl (C=O) groups is 1. The molecule has 0 radical (unpaired) electrons. The molecule has 12 heteroatoms. The average Bonchev–Trinajstić information content (AvgIpc) is 2.85. The van der Waals surface area contributed by atoms with E-state index in [1.165, 1.54) is 17.9 Å². The molecule has 0 bridgehead atoms. The molecule has 2 rings (SSSR count). The minimum Gasteiger partial charge on any atom is -0.274 e. The van der Waals surface area contributed by atoms with Crippen molar-refractivity contribution in [1.29, 1.82) is 0 Å². The van der Waals surface area contributed by atoms with Crippen LogP contribution in [0.4, 0.5) is 4.39 Å². The van der Waals surface area contributed by atoms with Crippen LogP contribution in [0.2, 0.25) is 5.02 Å². The minimum atomic E-state index is -3.06. The van der Waals surface area contributed by atoms with Crippen LogP contribution in [0.1, 0.15) is 10.4 Å². The molecule has 9 nitrogen and oxygen atoms in total. The van der Waals surface area contributed by atoms with Crippen LogP contribution in [0, 0.1) is 5.82 Å². The van der Waals surface area contributed by atoms with Crippen molar-refractivity contribution in [2.75, 3.05) is 0 Å². The summed E-state index contributed by atoms with van der Waals surface area (Å²) in [5.41, 5.74) is 1.60. The Kier molecular flexibility index (Phi) is 4.45. The zero-order chi connectivity index (χ0) is 15.6. The van der Waals surface area contributed by atoms with Crippen LogP contribution in [0.15, 0.2) is 12.1 Å². The summed E-state index contributed by atoms with van der Waals surface area (Å²) in [6.45, 7) is 0. The van der Waals surface area contributed by atoms with E-state index in [0.29, 0.717) is 0 Å². The SMILES string of the molecule is Cn1nnc(-c2cc(Cl)c(F)c(C(=O)NN[SH](=O)=O)c2)n1. The van der Waals surface area contributed by atoms with Crippen molar-refractivity contribution in [2.24, 2.45) is 7.05 Å². The highest BCUT2D eigenvalue weighted by Crippen LogP contribution is 2.25. The number of nitrogens with one attached hydrogen (secondary N) is 2. The predicted molar refractivity (Wildman–Crippen MR) is 70.1 cm³/mol. The number of hydrogen-bond donors (Lipinski definition) is 3. The molecule has 0 unspecified atom stereocenters. The first kappa shape index (κ1) is 15.3. The maximum atomic E-state index is 13.8. The Bertz CT molecular complexity index is 769. The van der Waals surface area contributed by atoms with Gasteiger partial charge >= 0.3 is 0 Å². The lowest BCUT2D eigenvalue weighted by molar-refractivity contribution is 0.0941. The van der Waals surface area contributed by atoms with Gasteiger partial charge in [0.1, 0.15) is 0 Å². The van der Waals surface area contributed by atoms with Crippen LogP contribution in [0.3, 0.4) is 0 Å². The minimum absolute atomic E-state index is 0.135. The van der Waals surface area contributed by atoms with Gasteiger partial charge in [-0.1, -0.05) is 11.6 Å². The molecule has 0 spiro atoms. The molecule has 0 aliphatic rings. The molecule has 1 aromatic carbocycles. The van der Waals surface area contributed by atoms with Gasteiger partial charge in [0.2, 0.25) is 16.7 Å². The maximum Gasteiger partial charge on any atom is 0.269 e.